The summed E-state index contributed by atoms with van der Waals surface area (Å²) in [6, 6.07) is 8.71. The number of aromatic hydroxyl groups is 2. The van der Waals surface area contributed by atoms with Gasteiger partial charge in [-0.2, -0.15) is 0 Å². The van der Waals surface area contributed by atoms with E-state index >= 15 is 0 Å². The molecule has 0 saturated heterocycles. The Hall–Kier alpha value is -2.16. The van der Waals surface area contributed by atoms with Crippen molar-refractivity contribution in [2.75, 3.05) is 0 Å². The quantitative estimate of drug-likeness (QED) is 0.537. The van der Waals surface area contributed by atoms with E-state index in [1.807, 2.05) is 19.1 Å². The monoisotopic (exact) mass is 213 g/mol. The minimum atomic E-state index is 0.237. The predicted octanol–water partition coefficient (Wildman–Crippen LogP) is 3.04. The first-order chi connectivity index (χ1) is 7.66. The lowest BCUT2D eigenvalue weighted by atomic mass is 10.1. The minimum Gasteiger partial charge on any atom is -0.508 e. The second kappa shape index (κ2) is 2.92. The molecule has 1 heterocycles. The third-order valence-electron chi connectivity index (χ3n) is 2.98. The molecule has 0 atom stereocenters. The highest BCUT2D eigenvalue weighted by atomic mass is 16.3. The van der Waals surface area contributed by atoms with Gasteiger partial charge in [0, 0.05) is 27.9 Å². The Kier molecular flexibility index (Phi) is 1.66. The molecule has 3 nitrogen and oxygen atoms in total. The number of hydrogen-bond donors (Lipinski definition) is 3. The zero-order valence-corrected chi connectivity index (χ0v) is 8.78. The van der Waals surface area contributed by atoms with E-state index in [1.165, 1.54) is 0 Å². The predicted molar refractivity (Wildman–Crippen MR) is 63.9 cm³/mol. The minimum absolute atomic E-state index is 0.237. The molecule has 0 unspecified atom stereocenters. The van der Waals surface area contributed by atoms with Crippen LogP contribution in [0, 0.1) is 6.92 Å². The van der Waals surface area contributed by atoms with Crippen LogP contribution < -0.4 is 0 Å². The van der Waals surface area contributed by atoms with Crippen LogP contribution in [0.25, 0.3) is 21.8 Å². The number of hydrogen-bond acceptors (Lipinski definition) is 2. The fourth-order valence-electron chi connectivity index (χ4n) is 2.15. The summed E-state index contributed by atoms with van der Waals surface area (Å²) in [4.78, 5) is 3.22. The fraction of sp³-hybridized carbons (Fsp3) is 0.0769. The van der Waals surface area contributed by atoms with E-state index in [0.29, 0.717) is 5.75 Å². The number of aromatic amines is 1. The molecule has 16 heavy (non-hydrogen) atoms. The number of nitrogens with one attached hydrogen (secondary N) is 1. The van der Waals surface area contributed by atoms with E-state index in [1.54, 1.807) is 18.2 Å². The van der Waals surface area contributed by atoms with Crippen LogP contribution in [0.3, 0.4) is 0 Å². The molecule has 3 rings (SSSR count). The molecule has 80 valence electrons. The summed E-state index contributed by atoms with van der Waals surface area (Å²) < 4.78 is 0. The molecule has 0 bridgehead atoms. The van der Waals surface area contributed by atoms with Crippen molar-refractivity contribution in [2.24, 2.45) is 0 Å². The molecule has 0 aliphatic carbocycles. The number of phenols is 2. The van der Waals surface area contributed by atoms with Crippen molar-refractivity contribution >= 4 is 21.8 Å². The van der Waals surface area contributed by atoms with Crippen molar-refractivity contribution in [3.8, 4) is 11.5 Å². The van der Waals surface area contributed by atoms with Gasteiger partial charge in [-0.25, -0.2) is 0 Å². The van der Waals surface area contributed by atoms with Crippen molar-refractivity contribution in [1.82, 2.24) is 4.98 Å². The van der Waals surface area contributed by atoms with Crippen molar-refractivity contribution in [2.45, 2.75) is 6.92 Å². The average molecular weight is 213 g/mol. The van der Waals surface area contributed by atoms with Crippen molar-refractivity contribution in [3.63, 3.8) is 0 Å². The summed E-state index contributed by atoms with van der Waals surface area (Å²) in [6.45, 7) is 1.89. The van der Waals surface area contributed by atoms with Crippen LogP contribution in [0.4, 0.5) is 0 Å². The Morgan fingerprint density at radius 2 is 1.81 bits per heavy atom. The Morgan fingerprint density at radius 1 is 1.00 bits per heavy atom. The van der Waals surface area contributed by atoms with Gasteiger partial charge in [0.15, 0.2) is 0 Å². The summed E-state index contributed by atoms with van der Waals surface area (Å²) in [5.41, 5.74) is 2.70. The highest BCUT2D eigenvalue weighted by molar-refractivity contribution is 6.09. The van der Waals surface area contributed by atoms with Crippen LogP contribution in [0.15, 0.2) is 30.3 Å². The number of aromatic nitrogens is 1. The fourth-order valence-corrected chi connectivity index (χ4v) is 2.15. The maximum Gasteiger partial charge on any atom is 0.119 e. The number of benzene rings is 2. The van der Waals surface area contributed by atoms with Crippen LogP contribution in [-0.4, -0.2) is 15.2 Å². The third kappa shape index (κ3) is 1.08. The molecule has 0 fully saturated rings. The first kappa shape index (κ1) is 9.09. The Morgan fingerprint density at radius 3 is 2.62 bits per heavy atom. The molecular formula is C13H11NO2. The molecular weight excluding hydrogens is 202 g/mol. The lowest BCUT2D eigenvalue weighted by Crippen LogP contribution is -1.76. The van der Waals surface area contributed by atoms with Gasteiger partial charge in [0.25, 0.3) is 0 Å². The normalized spacial score (nSPS) is 11.3. The van der Waals surface area contributed by atoms with Crippen LogP contribution in [0.1, 0.15) is 5.56 Å². The molecule has 3 aromatic rings. The molecule has 3 N–H and O–H groups in total. The molecule has 0 radical (unpaired) electrons. The smallest absolute Gasteiger partial charge is 0.119 e. The first-order valence-corrected chi connectivity index (χ1v) is 5.10. The van der Waals surface area contributed by atoms with Crippen LogP contribution in [0.5, 0.6) is 11.5 Å². The number of phenolic OH excluding ortho intramolecular Hbond substituents is 2. The van der Waals surface area contributed by atoms with Crippen LogP contribution in [0.2, 0.25) is 0 Å². The summed E-state index contributed by atoms with van der Waals surface area (Å²) in [5, 5.41) is 21.1. The van der Waals surface area contributed by atoms with Gasteiger partial charge < -0.3 is 15.2 Å². The highest BCUT2D eigenvalue weighted by Gasteiger charge is 2.09. The standard InChI is InChI=1S/C13H11NO2/c1-7-12(16)5-4-10-13(7)9-3-2-8(15)6-11(9)14-10/h2-6,14-16H,1H3. The summed E-state index contributed by atoms with van der Waals surface area (Å²) in [5.74, 6) is 0.530. The Balaban J connectivity index is 2.57. The molecule has 0 aliphatic rings. The van der Waals surface area contributed by atoms with Crippen molar-refractivity contribution in [1.29, 1.82) is 0 Å². The van der Waals surface area contributed by atoms with Gasteiger partial charge in [0.2, 0.25) is 0 Å². The van der Waals surface area contributed by atoms with Gasteiger partial charge in [0.05, 0.1) is 5.52 Å². The lowest BCUT2D eigenvalue weighted by molar-refractivity contribution is 0.472. The average Bonchev–Trinajstić information content (AvgIpc) is 2.61. The topological polar surface area (TPSA) is 56.2 Å². The molecule has 0 saturated carbocycles. The van der Waals surface area contributed by atoms with Gasteiger partial charge in [-0.1, -0.05) is 0 Å². The number of aryl methyl sites for hydroxylation is 1. The van der Waals surface area contributed by atoms with E-state index in [-0.39, 0.29) is 5.75 Å². The Bertz CT molecular complexity index is 697. The number of H-pyrrole nitrogens is 1. The van der Waals surface area contributed by atoms with E-state index in [2.05, 4.69) is 4.98 Å². The number of fused-ring (bicyclic) bond motifs is 3. The second-order valence-electron chi connectivity index (χ2n) is 3.99. The van der Waals surface area contributed by atoms with Crippen molar-refractivity contribution in [3.05, 3.63) is 35.9 Å². The van der Waals surface area contributed by atoms with E-state index in [4.69, 9.17) is 0 Å². The second-order valence-corrected chi connectivity index (χ2v) is 3.99. The van der Waals surface area contributed by atoms with Gasteiger partial charge in [-0.15, -0.1) is 0 Å². The highest BCUT2D eigenvalue weighted by Crippen LogP contribution is 2.33. The molecule has 1 aromatic heterocycles. The molecule has 0 aliphatic heterocycles. The summed E-state index contributed by atoms with van der Waals surface area (Å²) in [6.07, 6.45) is 0. The molecule has 0 spiro atoms. The molecule has 2 aromatic carbocycles. The first-order valence-electron chi connectivity index (χ1n) is 5.10. The lowest BCUT2D eigenvalue weighted by Gasteiger charge is -2.00. The van der Waals surface area contributed by atoms with Gasteiger partial charge in [-0.3, -0.25) is 0 Å². The zero-order chi connectivity index (χ0) is 11.3. The Labute approximate surface area is 92.0 Å². The van der Waals surface area contributed by atoms with E-state index < -0.39 is 0 Å². The third-order valence-corrected chi connectivity index (χ3v) is 2.98. The summed E-state index contributed by atoms with van der Waals surface area (Å²) in [7, 11) is 0. The largest absolute Gasteiger partial charge is 0.508 e. The van der Waals surface area contributed by atoms with Gasteiger partial charge >= 0.3 is 0 Å². The van der Waals surface area contributed by atoms with Gasteiger partial charge in [0.1, 0.15) is 11.5 Å². The maximum atomic E-state index is 9.69. The molecule has 0 amide bonds. The molecule has 3 heteroatoms. The SMILES string of the molecule is Cc1c(O)ccc2[nH]c3cc(O)ccc3c12. The van der Waals surface area contributed by atoms with E-state index in [0.717, 1.165) is 27.4 Å². The summed E-state index contributed by atoms with van der Waals surface area (Å²) >= 11 is 0. The van der Waals surface area contributed by atoms with Crippen LogP contribution in [-0.2, 0) is 0 Å². The zero-order valence-electron chi connectivity index (χ0n) is 8.78. The van der Waals surface area contributed by atoms with Crippen molar-refractivity contribution < 1.29 is 10.2 Å². The number of rotatable bonds is 0. The van der Waals surface area contributed by atoms with Crippen LogP contribution >= 0.6 is 0 Å². The van der Waals surface area contributed by atoms with Gasteiger partial charge in [-0.05, 0) is 31.2 Å². The maximum absolute atomic E-state index is 9.69. The van der Waals surface area contributed by atoms with E-state index in [9.17, 15) is 10.2 Å².